The number of esters is 3. The Morgan fingerprint density at radius 2 is 1.56 bits per heavy atom. The number of hydrogen-bond donors (Lipinski definition) is 0. The van der Waals surface area contributed by atoms with E-state index in [9.17, 15) is 24.4 Å². The number of ketones is 1. The van der Waals surface area contributed by atoms with E-state index in [0.717, 1.165) is 12.8 Å². The maximum atomic E-state index is 12.6. The van der Waals surface area contributed by atoms with Gasteiger partial charge in [0.05, 0.1) is 6.07 Å². The number of carbonyl (C=O) groups excluding carboxylic acids is 4. The molecule has 0 aliphatic heterocycles. The Labute approximate surface area is 188 Å². The molecular weight excluding hydrogens is 414 g/mol. The van der Waals surface area contributed by atoms with Gasteiger partial charge in [0.1, 0.15) is 18.0 Å². The van der Waals surface area contributed by atoms with E-state index in [1.165, 1.54) is 20.8 Å². The molecule has 8 heteroatoms. The van der Waals surface area contributed by atoms with E-state index in [1.807, 2.05) is 6.92 Å². The first-order chi connectivity index (χ1) is 15.0. The van der Waals surface area contributed by atoms with Crippen molar-refractivity contribution in [3.8, 4) is 6.07 Å². The summed E-state index contributed by atoms with van der Waals surface area (Å²) >= 11 is 0. The third kappa shape index (κ3) is 4.14. The molecule has 0 unspecified atom stereocenters. The van der Waals surface area contributed by atoms with E-state index in [0.29, 0.717) is 12.8 Å². The summed E-state index contributed by atoms with van der Waals surface area (Å²) in [6.45, 7) is 7.94. The molecule has 3 rings (SSSR count). The van der Waals surface area contributed by atoms with Crippen LogP contribution in [-0.4, -0.2) is 42.0 Å². The highest BCUT2D eigenvalue weighted by Crippen LogP contribution is 2.62. The zero-order valence-corrected chi connectivity index (χ0v) is 19.5. The summed E-state index contributed by atoms with van der Waals surface area (Å²) < 4.78 is 17.1. The zero-order chi connectivity index (χ0) is 23.8. The van der Waals surface area contributed by atoms with Gasteiger partial charge in [0, 0.05) is 50.9 Å². The standard InChI is InChI=1S/C24H33NO7/c1-12-18-7-6-16-17(10-11-25)20(29)9-8-19(16)24(18,5)23(32-15(4)28)22(31-14(3)27)21(12)30-13(2)26/h12,16-19,21-23H,6-10H2,1-5H3/t12-,16-,17-,18-,19-,21+,22+,23-,24-/m0/s1. The van der Waals surface area contributed by atoms with Crippen LogP contribution in [0, 0.1) is 46.3 Å². The first kappa shape index (κ1) is 24.2. The Balaban J connectivity index is 2.11. The maximum absolute atomic E-state index is 12.6. The van der Waals surface area contributed by atoms with Crippen molar-refractivity contribution in [1.29, 1.82) is 5.26 Å². The van der Waals surface area contributed by atoms with Crippen LogP contribution in [0.15, 0.2) is 0 Å². The second kappa shape index (κ2) is 9.21. The van der Waals surface area contributed by atoms with Crippen molar-refractivity contribution in [2.24, 2.45) is 35.0 Å². The summed E-state index contributed by atoms with van der Waals surface area (Å²) in [4.78, 5) is 48.8. The minimum Gasteiger partial charge on any atom is -0.458 e. The summed E-state index contributed by atoms with van der Waals surface area (Å²) in [6.07, 6.45) is 0.215. The van der Waals surface area contributed by atoms with Gasteiger partial charge in [-0.3, -0.25) is 19.2 Å². The van der Waals surface area contributed by atoms with Gasteiger partial charge < -0.3 is 14.2 Å². The summed E-state index contributed by atoms with van der Waals surface area (Å²) in [5, 5.41) is 9.32. The Morgan fingerprint density at radius 1 is 0.969 bits per heavy atom. The average Bonchev–Trinajstić information content (AvgIpc) is 2.69. The minimum absolute atomic E-state index is 0.00524. The fourth-order valence-electron chi connectivity index (χ4n) is 7.08. The summed E-state index contributed by atoms with van der Waals surface area (Å²) in [7, 11) is 0. The number of Topliss-reactive ketones (excluding diaryl/α,β-unsaturated/α-hetero) is 1. The molecule has 3 fully saturated rings. The second-order valence-corrected chi connectivity index (χ2v) is 9.83. The van der Waals surface area contributed by atoms with Crippen LogP contribution in [-0.2, 0) is 33.4 Å². The smallest absolute Gasteiger partial charge is 0.303 e. The third-order valence-electron chi connectivity index (χ3n) is 8.15. The van der Waals surface area contributed by atoms with Crippen LogP contribution in [0.3, 0.4) is 0 Å². The van der Waals surface area contributed by atoms with Crippen molar-refractivity contribution in [2.75, 3.05) is 0 Å². The molecule has 8 nitrogen and oxygen atoms in total. The second-order valence-electron chi connectivity index (χ2n) is 9.83. The van der Waals surface area contributed by atoms with Gasteiger partial charge >= 0.3 is 17.9 Å². The highest BCUT2D eigenvalue weighted by atomic mass is 16.6. The van der Waals surface area contributed by atoms with E-state index >= 15 is 0 Å². The molecule has 0 saturated heterocycles. The average molecular weight is 448 g/mol. The molecular formula is C24H33NO7. The van der Waals surface area contributed by atoms with Crippen LogP contribution >= 0.6 is 0 Å². The molecule has 176 valence electrons. The molecule has 32 heavy (non-hydrogen) atoms. The highest BCUT2D eigenvalue weighted by Gasteiger charge is 2.66. The van der Waals surface area contributed by atoms with Gasteiger partial charge in [-0.05, 0) is 37.0 Å². The van der Waals surface area contributed by atoms with Gasteiger partial charge in [-0.1, -0.05) is 13.8 Å². The van der Waals surface area contributed by atoms with Crippen LogP contribution in [0.4, 0.5) is 0 Å². The first-order valence-electron chi connectivity index (χ1n) is 11.4. The van der Waals surface area contributed by atoms with Gasteiger partial charge in [0.2, 0.25) is 0 Å². The molecule has 3 aliphatic rings. The lowest BCUT2D eigenvalue weighted by atomic mass is 9.44. The lowest BCUT2D eigenvalue weighted by Crippen LogP contribution is -2.68. The van der Waals surface area contributed by atoms with Gasteiger partial charge in [0.25, 0.3) is 0 Å². The number of fused-ring (bicyclic) bond motifs is 3. The fourth-order valence-corrected chi connectivity index (χ4v) is 7.08. The molecule has 0 aromatic rings. The van der Waals surface area contributed by atoms with E-state index in [1.54, 1.807) is 0 Å². The Morgan fingerprint density at radius 3 is 2.12 bits per heavy atom. The number of nitriles is 1. The van der Waals surface area contributed by atoms with Crippen LogP contribution in [0.5, 0.6) is 0 Å². The maximum Gasteiger partial charge on any atom is 0.303 e. The van der Waals surface area contributed by atoms with Crippen molar-refractivity contribution in [3.05, 3.63) is 0 Å². The molecule has 0 radical (unpaired) electrons. The Bertz CT molecular complexity index is 833. The quantitative estimate of drug-likeness (QED) is 0.476. The van der Waals surface area contributed by atoms with Crippen LogP contribution in [0.1, 0.15) is 66.7 Å². The number of carbonyl (C=O) groups is 4. The van der Waals surface area contributed by atoms with Crippen LogP contribution in [0.25, 0.3) is 0 Å². The molecule has 9 atom stereocenters. The molecule has 3 aliphatic carbocycles. The largest absolute Gasteiger partial charge is 0.458 e. The van der Waals surface area contributed by atoms with Gasteiger partial charge in [-0.25, -0.2) is 0 Å². The lowest BCUT2D eigenvalue weighted by molar-refractivity contribution is -0.254. The molecule has 0 bridgehead atoms. The van der Waals surface area contributed by atoms with E-state index in [4.69, 9.17) is 14.2 Å². The van der Waals surface area contributed by atoms with Gasteiger partial charge in [-0.2, -0.15) is 5.26 Å². The predicted molar refractivity (Wildman–Crippen MR) is 112 cm³/mol. The number of ether oxygens (including phenoxy) is 3. The van der Waals surface area contributed by atoms with Crippen molar-refractivity contribution in [1.82, 2.24) is 0 Å². The van der Waals surface area contributed by atoms with Crippen LogP contribution < -0.4 is 0 Å². The molecule has 3 saturated carbocycles. The molecule has 0 N–H and O–H groups in total. The van der Waals surface area contributed by atoms with Crippen molar-refractivity contribution in [2.45, 2.75) is 85.0 Å². The topological polar surface area (TPSA) is 120 Å². The van der Waals surface area contributed by atoms with E-state index in [2.05, 4.69) is 13.0 Å². The van der Waals surface area contributed by atoms with E-state index < -0.39 is 41.6 Å². The molecule has 0 amide bonds. The van der Waals surface area contributed by atoms with Crippen molar-refractivity contribution in [3.63, 3.8) is 0 Å². The Hall–Kier alpha value is -2.43. The monoisotopic (exact) mass is 447 g/mol. The number of rotatable bonds is 4. The number of nitrogens with zero attached hydrogens (tertiary/aromatic N) is 1. The summed E-state index contributed by atoms with van der Waals surface area (Å²) in [5.74, 6) is -1.85. The first-order valence-corrected chi connectivity index (χ1v) is 11.4. The Kier molecular flexibility index (Phi) is 6.97. The van der Waals surface area contributed by atoms with Crippen molar-refractivity contribution < 1.29 is 33.4 Å². The molecule has 0 aromatic carbocycles. The normalized spacial score (nSPS) is 40.8. The summed E-state index contributed by atoms with van der Waals surface area (Å²) in [6, 6.07) is 2.17. The zero-order valence-electron chi connectivity index (χ0n) is 19.5. The summed E-state index contributed by atoms with van der Waals surface area (Å²) in [5.41, 5.74) is -0.598. The SMILES string of the molecule is CC(=O)O[C@@H]1[C@@H](C)[C@@H]2CC[C@H]3[C@H](CC#N)C(=O)CC[C@@H]3[C@@]2(C)[C@@H](OC(C)=O)[C@@H]1OC(C)=O. The number of hydrogen-bond acceptors (Lipinski definition) is 8. The fraction of sp³-hybridized carbons (Fsp3) is 0.792. The van der Waals surface area contributed by atoms with Gasteiger partial charge in [-0.15, -0.1) is 0 Å². The van der Waals surface area contributed by atoms with Crippen molar-refractivity contribution >= 4 is 23.7 Å². The van der Waals surface area contributed by atoms with E-state index in [-0.39, 0.29) is 41.8 Å². The predicted octanol–water partition coefficient (Wildman–Crippen LogP) is 2.97. The molecule has 0 aromatic heterocycles. The lowest BCUT2D eigenvalue weighted by Gasteiger charge is -2.63. The molecule has 0 spiro atoms. The minimum atomic E-state index is -0.942. The van der Waals surface area contributed by atoms with Crippen LogP contribution in [0.2, 0.25) is 0 Å². The van der Waals surface area contributed by atoms with Gasteiger partial charge in [0.15, 0.2) is 6.10 Å². The highest BCUT2D eigenvalue weighted by molar-refractivity contribution is 5.82. The third-order valence-corrected chi connectivity index (χ3v) is 8.15. The molecule has 0 heterocycles.